The van der Waals surface area contributed by atoms with Crippen molar-refractivity contribution in [3.8, 4) is 0 Å². The number of carboxylic acids is 1. The van der Waals surface area contributed by atoms with Gasteiger partial charge in [0.25, 0.3) is 0 Å². The predicted octanol–water partition coefficient (Wildman–Crippen LogP) is 1.99. The Kier molecular flexibility index (Phi) is 5.05. The number of nitrogens with zero attached hydrogens (tertiary/aromatic N) is 4. The molecule has 0 spiro atoms. The molecule has 1 N–H and O–H groups in total. The highest BCUT2D eigenvalue weighted by Crippen LogP contribution is 2.24. The normalized spacial score (nSPS) is 16.8. The summed E-state index contributed by atoms with van der Waals surface area (Å²) in [5.74, 6) is 0.0493. The van der Waals surface area contributed by atoms with Gasteiger partial charge in [-0.2, -0.15) is 0 Å². The molecule has 1 aliphatic heterocycles. The quantitative estimate of drug-likeness (QED) is 0.906. The summed E-state index contributed by atoms with van der Waals surface area (Å²) in [7, 11) is 0. The van der Waals surface area contributed by atoms with Gasteiger partial charge in [-0.1, -0.05) is 31.2 Å². The molecule has 6 heteroatoms. The number of benzene rings is 1. The SMILES string of the molecule is CCc1cccc([C@@H](C(=O)O)N2CCN(c3cnccn3)CC2)c1. The molecule has 1 atom stereocenters. The number of hydrogen-bond acceptors (Lipinski definition) is 5. The molecule has 1 aromatic heterocycles. The molecule has 0 bridgehead atoms. The summed E-state index contributed by atoms with van der Waals surface area (Å²) in [5.41, 5.74) is 2.02. The molecule has 1 fully saturated rings. The molecule has 2 heterocycles. The first kappa shape index (κ1) is 16.4. The Morgan fingerprint density at radius 2 is 2.04 bits per heavy atom. The molecule has 1 aliphatic rings. The van der Waals surface area contributed by atoms with Crippen LogP contribution in [0.15, 0.2) is 42.9 Å². The van der Waals surface area contributed by atoms with E-state index >= 15 is 0 Å². The lowest BCUT2D eigenvalue weighted by atomic mass is 10.0. The maximum absolute atomic E-state index is 11.9. The fraction of sp³-hybridized carbons (Fsp3) is 0.389. The Morgan fingerprint density at radius 1 is 1.25 bits per heavy atom. The number of carbonyl (C=O) groups is 1. The van der Waals surface area contributed by atoms with Crippen molar-refractivity contribution >= 4 is 11.8 Å². The van der Waals surface area contributed by atoms with Crippen LogP contribution in [0.4, 0.5) is 5.82 Å². The Balaban J connectivity index is 1.73. The molecule has 0 radical (unpaired) electrons. The summed E-state index contributed by atoms with van der Waals surface area (Å²) >= 11 is 0. The van der Waals surface area contributed by atoms with Crippen molar-refractivity contribution in [2.45, 2.75) is 19.4 Å². The van der Waals surface area contributed by atoms with Gasteiger partial charge in [0.1, 0.15) is 11.9 Å². The average molecular weight is 326 g/mol. The number of rotatable bonds is 5. The van der Waals surface area contributed by atoms with Gasteiger partial charge in [-0.05, 0) is 17.5 Å². The molecule has 0 unspecified atom stereocenters. The molecular weight excluding hydrogens is 304 g/mol. The van der Waals surface area contributed by atoms with E-state index in [4.69, 9.17) is 0 Å². The van der Waals surface area contributed by atoms with Crippen LogP contribution in [-0.4, -0.2) is 52.1 Å². The molecule has 0 saturated carbocycles. The zero-order valence-corrected chi connectivity index (χ0v) is 13.8. The lowest BCUT2D eigenvalue weighted by molar-refractivity contribution is -0.143. The number of hydrogen-bond donors (Lipinski definition) is 1. The summed E-state index contributed by atoms with van der Waals surface area (Å²) in [6.45, 7) is 4.94. The lowest BCUT2D eigenvalue weighted by Crippen LogP contribution is -2.49. The first-order chi connectivity index (χ1) is 11.7. The fourth-order valence-electron chi connectivity index (χ4n) is 3.16. The highest BCUT2D eigenvalue weighted by molar-refractivity contribution is 5.75. The van der Waals surface area contributed by atoms with Gasteiger partial charge in [0.2, 0.25) is 0 Å². The van der Waals surface area contributed by atoms with Gasteiger partial charge >= 0.3 is 5.97 Å². The number of aliphatic carboxylic acids is 1. The van der Waals surface area contributed by atoms with Crippen molar-refractivity contribution < 1.29 is 9.90 Å². The summed E-state index contributed by atoms with van der Waals surface area (Å²) < 4.78 is 0. The highest BCUT2D eigenvalue weighted by Gasteiger charge is 2.30. The average Bonchev–Trinajstić information content (AvgIpc) is 2.63. The minimum absolute atomic E-state index is 0.597. The summed E-state index contributed by atoms with van der Waals surface area (Å²) in [6.07, 6.45) is 5.98. The van der Waals surface area contributed by atoms with Crippen molar-refractivity contribution in [3.05, 3.63) is 54.0 Å². The molecule has 24 heavy (non-hydrogen) atoms. The van der Waals surface area contributed by atoms with Gasteiger partial charge in [0.05, 0.1) is 6.20 Å². The number of piperazine rings is 1. The zero-order valence-electron chi connectivity index (χ0n) is 13.8. The van der Waals surface area contributed by atoms with E-state index in [1.165, 1.54) is 0 Å². The summed E-state index contributed by atoms with van der Waals surface area (Å²) in [5, 5.41) is 9.75. The number of aryl methyl sites for hydroxylation is 1. The van der Waals surface area contributed by atoms with Crippen LogP contribution >= 0.6 is 0 Å². The van der Waals surface area contributed by atoms with E-state index in [1.54, 1.807) is 18.6 Å². The lowest BCUT2D eigenvalue weighted by Gasteiger charge is -2.38. The zero-order chi connectivity index (χ0) is 16.9. The second kappa shape index (κ2) is 7.40. The van der Waals surface area contributed by atoms with Crippen LogP contribution in [0.1, 0.15) is 24.1 Å². The van der Waals surface area contributed by atoms with Crippen molar-refractivity contribution in [2.75, 3.05) is 31.1 Å². The molecule has 6 nitrogen and oxygen atoms in total. The molecular formula is C18H22N4O2. The van der Waals surface area contributed by atoms with Gasteiger partial charge < -0.3 is 10.0 Å². The third-order valence-corrected chi connectivity index (χ3v) is 4.46. The fourth-order valence-corrected chi connectivity index (χ4v) is 3.16. The van der Waals surface area contributed by atoms with E-state index in [0.717, 1.165) is 36.5 Å². The van der Waals surface area contributed by atoms with Crippen molar-refractivity contribution in [1.29, 1.82) is 0 Å². The van der Waals surface area contributed by atoms with E-state index in [2.05, 4.69) is 21.8 Å². The van der Waals surface area contributed by atoms with Crippen LogP contribution in [0.25, 0.3) is 0 Å². The molecule has 0 amide bonds. The monoisotopic (exact) mass is 326 g/mol. The van der Waals surface area contributed by atoms with Crippen LogP contribution in [0.5, 0.6) is 0 Å². The van der Waals surface area contributed by atoms with Gasteiger partial charge in [-0.15, -0.1) is 0 Å². The molecule has 3 rings (SSSR count). The van der Waals surface area contributed by atoms with Crippen molar-refractivity contribution in [2.24, 2.45) is 0 Å². The minimum Gasteiger partial charge on any atom is -0.480 e. The molecule has 126 valence electrons. The first-order valence-electron chi connectivity index (χ1n) is 8.25. The van der Waals surface area contributed by atoms with Gasteiger partial charge in [0.15, 0.2) is 0 Å². The van der Waals surface area contributed by atoms with Crippen LogP contribution in [0, 0.1) is 0 Å². The van der Waals surface area contributed by atoms with E-state index in [9.17, 15) is 9.90 Å². The Hall–Kier alpha value is -2.47. The summed E-state index contributed by atoms with van der Waals surface area (Å²) in [6, 6.07) is 7.30. The van der Waals surface area contributed by atoms with Crippen molar-refractivity contribution in [3.63, 3.8) is 0 Å². The van der Waals surface area contributed by atoms with Gasteiger partial charge in [-0.3, -0.25) is 14.7 Å². The maximum atomic E-state index is 11.9. The second-order valence-corrected chi connectivity index (χ2v) is 5.93. The van der Waals surface area contributed by atoms with Crippen LogP contribution in [-0.2, 0) is 11.2 Å². The van der Waals surface area contributed by atoms with Crippen LogP contribution in [0.2, 0.25) is 0 Å². The van der Waals surface area contributed by atoms with Gasteiger partial charge in [-0.25, -0.2) is 4.98 Å². The Morgan fingerprint density at radius 3 is 2.67 bits per heavy atom. The van der Waals surface area contributed by atoms with Crippen molar-refractivity contribution in [1.82, 2.24) is 14.9 Å². The predicted molar refractivity (Wildman–Crippen MR) is 92.0 cm³/mol. The smallest absolute Gasteiger partial charge is 0.325 e. The van der Waals surface area contributed by atoms with E-state index in [-0.39, 0.29) is 0 Å². The van der Waals surface area contributed by atoms with E-state index in [0.29, 0.717) is 13.1 Å². The second-order valence-electron chi connectivity index (χ2n) is 5.93. The largest absolute Gasteiger partial charge is 0.480 e. The molecule has 1 saturated heterocycles. The molecule has 1 aromatic carbocycles. The molecule has 2 aromatic rings. The van der Waals surface area contributed by atoms with Crippen LogP contribution < -0.4 is 4.90 Å². The first-order valence-corrected chi connectivity index (χ1v) is 8.25. The highest BCUT2D eigenvalue weighted by atomic mass is 16.4. The van der Waals surface area contributed by atoms with E-state index in [1.807, 2.05) is 29.2 Å². The van der Waals surface area contributed by atoms with Crippen LogP contribution in [0.3, 0.4) is 0 Å². The Bertz CT molecular complexity index is 684. The number of carboxylic acid groups (broad SMARTS) is 1. The Labute approximate surface area is 141 Å². The topological polar surface area (TPSA) is 69.6 Å². The third-order valence-electron chi connectivity index (χ3n) is 4.46. The maximum Gasteiger partial charge on any atom is 0.325 e. The van der Waals surface area contributed by atoms with Gasteiger partial charge in [0, 0.05) is 38.6 Å². The van der Waals surface area contributed by atoms with E-state index < -0.39 is 12.0 Å². The minimum atomic E-state index is -0.795. The standard InChI is InChI=1S/C18H22N4O2/c1-2-14-4-3-5-15(12-14)17(18(23)24)22-10-8-21(9-11-22)16-13-19-6-7-20-16/h3-7,12-13,17H,2,8-11H2,1H3,(H,23,24)/t17-/m0/s1. The number of anilines is 1. The third kappa shape index (κ3) is 3.54. The molecule has 0 aliphatic carbocycles. The summed E-state index contributed by atoms with van der Waals surface area (Å²) in [4.78, 5) is 24.5. The number of aromatic nitrogens is 2.